The minimum Gasteiger partial charge on any atom is -0.494 e. The maximum atomic E-state index is 5.58. The van der Waals surface area contributed by atoms with Crippen molar-refractivity contribution in [3.05, 3.63) is 65.1 Å². The van der Waals surface area contributed by atoms with Crippen LogP contribution >= 0.6 is 11.3 Å². The van der Waals surface area contributed by atoms with Gasteiger partial charge in [0, 0.05) is 29.4 Å². The quantitative estimate of drug-likeness (QED) is 0.479. The summed E-state index contributed by atoms with van der Waals surface area (Å²) in [6.45, 7) is 7.38. The van der Waals surface area contributed by atoms with Gasteiger partial charge in [-0.2, -0.15) is 0 Å². The molecule has 0 amide bonds. The summed E-state index contributed by atoms with van der Waals surface area (Å²) >= 11 is 1.70. The Morgan fingerprint density at radius 1 is 1.07 bits per heavy atom. The number of ether oxygens (including phenoxy) is 1. The highest BCUT2D eigenvalue weighted by molar-refractivity contribution is 7.19. The van der Waals surface area contributed by atoms with E-state index in [2.05, 4.69) is 40.4 Å². The van der Waals surface area contributed by atoms with Crippen molar-refractivity contribution in [2.24, 2.45) is 0 Å². The van der Waals surface area contributed by atoms with Crippen LogP contribution in [-0.2, 0) is 6.54 Å². The van der Waals surface area contributed by atoms with E-state index in [1.807, 2.05) is 38.2 Å². The molecule has 1 N–H and O–H groups in total. The minimum absolute atomic E-state index is 0.662. The highest BCUT2D eigenvalue weighted by atomic mass is 32.1. The molecule has 0 aliphatic heterocycles. The van der Waals surface area contributed by atoms with E-state index in [0.29, 0.717) is 13.2 Å². The summed E-state index contributed by atoms with van der Waals surface area (Å²) in [5, 5.41) is 4.56. The van der Waals surface area contributed by atoms with Crippen LogP contribution in [0.3, 0.4) is 0 Å². The third-order valence-corrected chi connectivity index (χ3v) is 5.48. The number of benzene rings is 1. The first kappa shape index (κ1) is 18.4. The molecule has 28 heavy (non-hydrogen) atoms. The fourth-order valence-corrected chi connectivity index (χ4v) is 4.36. The molecule has 142 valence electrons. The molecule has 0 unspecified atom stereocenters. The van der Waals surface area contributed by atoms with Crippen LogP contribution in [0.2, 0.25) is 0 Å². The summed E-state index contributed by atoms with van der Waals surface area (Å²) in [6, 6.07) is 12.2. The molecule has 1 aromatic carbocycles. The van der Waals surface area contributed by atoms with E-state index in [4.69, 9.17) is 9.72 Å². The van der Waals surface area contributed by atoms with E-state index in [1.165, 1.54) is 10.4 Å². The topological polar surface area (TPSA) is 59.9 Å². The molecule has 0 atom stereocenters. The average Bonchev–Trinajstić information content (AvgIpc) is 3.03. The van der Waals surface area contributed by atoms with Gasteiger partial charge in [0.1, 0.15) is 22.2 Å². The fourth-order valence-electron chi connectivity index (χ4n) is 3.27. The number of rotatable bonds is 6. The van der Waals surface area contributed by atoms with Gasteiger partial charge in [-0.05, 0) is 50.1 Å². The summed E-state index contributed by atoms with van der Waals surface area (Å²) in [5.41, 5.74) is 3.43. The lowest BCUT2D eigenvalue weighted by atomic mass is 10.0. The van der Waals surface area contributed by atoms with Crippen molar-refractivity contribution >= 4 is 27.4 Å². The van der Waals surface area contributed by atoms with Crippen LogP contribution in [0.25, 0.3) is 21.3 Å². The van der Waals surface area contributed by atoms with Gasteiger partial charge in [0.15, 0.2) is 0 Å². The number of aryl methyl sites for hydroxylation is 2. The number of nitrogens with one attached hydrogen (secondary N) is 1. The Bertz CT molecular complexity index is 1090. The SMILES string of the molecule is CCOc1ccc(-c2c(C)sc3nc(C)nc(NCc4cccnc4)c23)cc1. The van der Waals surface area contributed by atoms with Gasteiger partial charge in [-0.3, -0.25) is 4.98 Å². The molecule has 5 nitrogen and oxygen atoms in total. The predicted octanol–water partition coefficient (Wildman–Crippen LogP) is 5.38. The van der Waals surface area contributed by atoms with Crippen molar-refractivity contribution in [2.45, 2.75) is 27.3 Å². The number of hydrogen-bond donors (Lipinski definition) is 1. The Labute approximate surface area is 168 Å². The van der Waals surface area contributed by atoms with Gasteiger partial charge in [-0.25, -0.2) is 9.97 Å². The van der Waals surface area contributed by atoms with Crippen molar-refractivity contribution < 1.29 is 4.74 Å². The zero-order valence-electron chi connectivity index (χ0n) is 16.2. The van der Waals surface area contributed by atoms with Crippen LogP contribution in [0.1, 0.15) is 23.2 Å². The number of pyridine rings is 1. The van der Waals surface area contributed by atoms with E-state index < -0.39 is 0 Å². The van der Waals surface area contributed by atoms with Crippen LogP contribution in [0.15, 0.2) is 48.8 Å². The van der Waals surface area contributed by atoms with Gasteiger partial charge < -0.3 is 10.1 Å². The first-order chi connectivity index (χ1) is 13.7. The predicted molar refractivity (Wildman–Crippen MR) is 115 cm³/mol. The molecule has 0 fully saturated rings. The largest absolute Gasteiger partial charge is 0.494 e. The second-order valence-electron chi connectivity index (χ2n) is 6.51. The number of aromatic nitrogens is 3. The molecule has 4 aromatic rings. The smallest absolute Gasteiger partial charge is 0.139 e. The first-order valence-corrected chi connectivity index (χ1v) is 10.1. The van der Waals surface area contributed by atoms with E-state index >= 15 is 0 Å². The number of hydrogen-bond acceptors (Lipinski definition) is 6. The van der Waals surface area contributed by atoms with Crippen LogP contribution < -0.4 is 10.1 Å². The van der Waals surface area contributed by atoms with E-state index in [9.17, 15) is 0 Å². The van der Waals surface area contributed by atoms with Gasteiger partial charge >= 0.3 is 0 Å². The summed E-state index contributed by atoms with van der Waals surface area (Å²) in [4.78, 5) is 15.8. The highest BCUT2D eigenvalue weighted by Gasteiger charge is 2.18. The molecule has 0 aliphatic carbocycles. The minimum atomic E-state index is 0.662. The number of thiophene rings is 1. The Morgan fingerprint density at radius 2 is 1.89 bits per heavy atom. The maximum Gasteiger partial charge on any atom is 0.139 e. The molecule has 0 bridgehead atoms. The summed E-state index contributed by atoms with van der Waals surface area (Å²) in [6.07, 6.45) is 3.65. The third-order valence-electron chi connectivity index (χ3n) is 4.48. The summed E-state index contributed by atoms with van der Waals surface area (Å²) in [7, 11) is 0. The zero-order chi connectivity index (χ0) is 19.5. The van der Waals surface area contributed by atoms with Crippen molar-refractivity contribution in [3.63, 3.8) is 0 Å². The van der Waals surface area contributed by atoms with Gasteiger partial charge in [0.05, 0.1) is 12.0 Å². The van der Waals surface area contributed by atoms with Gasteiger partial charge in [0.25, 0.3) is 0 Å². The highest BCUT2D eigenvalue weighted by Crippen LogP contribution is 2.41. The van der Waals surface area contributed by atoms with E-state index in [-0.39, 0.29) is 0 Å². The van der Waals surface area contributed by atoms with Crippen LogP contribution in [0.4, 0.5) is 5.82 Å². The van der Waals surface area contributed by atoms with Crippen LogP contribution in [0.5, 0.6) is 5.75 Å². The second kappa shape index (κ2) is 7.94. The zero-order valence-corrected chi connectivity index (χ0v) is 17.0. The second-order valence-corrected chi connectivity index (χ2v) is 7.71. The number of nitrogens with zero attached hydrogens (tertiary/aromatic N) is 3. The molecule has 0 radical (unpaired) electrons. The van der Waals surface area contributed by atoms with E-state index in [1.54, 1.807) is 17.5 Å². The van der Waals surface area contributed by atoms with Gasteiger partial charge in [0.2, 0.25) is 0 Å². The number of fused-ring (bicyclic) bond motifs is 1. The molecule has 3 aromatic heterocycles. The molecular weight excluding hydrogens is 368 g/mol. The lowest BCUT2D eigenvalue weighted by Crippen LogP contribution is -2.04. The molecular formula is C22H22N4OS. The van der Waals surface area contributed by atoms with Gasteiger partial charge in [-0.15, -0.1) is 11.3 Å². The standard InChI is InChI=1S/C22H22N4OS/c1-4-27-18-9-7-17(8-10-18)19-14(2)28-22-20(19)21(25-15(3)26-22)24-13-16-6-5-11-23-12-16/h5-12H,4,13H2,1-3H3,(H,24,25,26). The third kappa shape index (κ3) is 3.68. The summed E-state index contributed by atoms with van der Waals surface area (Å²) in [5.74, 6) is 2.51. The lowest BCUT2D eigenvalue weighted by Gasteiger charge is -2.11. The molecule has 0 saturated carbocycles. The maximum absolute atomic E-state index is 5.58. The Hall–Kier alpha value is -2.99. The summed E-state index contributed by atoms with van der Waals surface area (Å²) < 4.78 is 5.58. The Morgan fingerprint density at radius 3 is 2.61 bits per heavy atom. The molecule has 4 rings (SSSR count). The van der Waals surface area contributed by atoms with Crippen molar-refractivity contribution in [3.8, 4) is 16.9 Å². The molecule has 0 spiro atoms. The van der Waals surface area contributed by atoms with Crippen molar-refractivity contribution in [1.29, 1.82) is 0 Å². The van der Waals surface area contributed by atoms with Gasteiger partial charge in [-0.1, -0.05) is 18.2 Å². The Balaban J connectivity index is 1.77. The molecule has 0 aliphatic rings. The molecule has 6 heteroatoms. The number of anilines is 1. The first-order valence-electron chi connectivity index (χ1n) is 9.29. The van der Waals surface area contributed by atoms with Crippen LogP contribution in [0, 0.1) is 13.8 Å². The molecule has 3 heterocycles. The van der Waals surface area contributed by atoms with Crippen molar-refractivity contribution in [1.82, 2.24) is 15.0 Å². The molecule has 0 saturated heterocycles. The normalized spacial score (nSPS) is 11.0. The Kier molecular flexibility index (Phi) is 5.21. The fraction of sp³-hybridized carbons (Fsp3) is 0.227. The van der Waals surface area contributed by atoms with E-state index in [0.717, 1.165) is 38.7 Å². The lowest BCUT2D eigenvalue weighted by molar-refractivity contribution is 0.340. The average molecular weight is 391 g/mol. The van der Waals surface area contributed by atoms with Crippen molar-refractivity contribution in [2.75, 3.05) is 11.9 Å². The monoisotopic (exact) mass is 390 g/mol. The van der Waals surface area contributed by atoms with Crippen LogP contribution in [-0.4, -0.2) is 21.6 Å².